The Hall–Kier alpha value is -2.88. The quantitative estimate of drug-likeness (QED) is 0.621. The fourth-order valence-electron chi connectivity index (χ4n) is 3.77. The summed E-state index contributed by atoms with van der Waals surface area (Å²) in [7, 11) is 0. The van der Waals surface area contributed by atoms with Gasteiger partial charge in [-0.2, -0.15) is 0 Å². The first kappa shape index (κ1) is 18.5. The van der Waals surface area contributed by atoms with Gasteiger partial charge >= 0.3 is 0 Å². The van der Waals surface area contributed by atoms with E-state index in [1.165, 1.54) is 18.5 Å². The van der Waals surface area contributed by atoms with Crippen LogP contribution in [0.25, 0.3) is 0 Å². The summed E-state index contributed by atoms with van der Waals surface area (Å²) in [6.07, 6.45) is 5.15. The van der Waals surface area contributed by atoms with Crippen LogP contribution in [-0.2, 0) is 13.0 Å². The Bertz CT molecular complexity index is 875. The van der Waals surface area contributed by atoms with E-state index in [0.717, 1.165) is 42.3 Å². The molecule has 0 N–H and O–H groups in total. The second-order valence-electron chi connectivity index (χ2n) is 7.48. The molecule has 3 aromatic rings. The van der Waals surface area contributed by atoms with Crippen molar-refractivity contribution >= 4 is 5.69 Å². The van der Waals surface area contributed by atoms with Gasteiger partial charge in [0.1, 0.15) is 12.4 Å². The normalized spacial score (nSPS) is 14.8. The molecule has 4 heteroatoms. The molecule has 2 heterocycles. The highest BCUT2D eigenvalue weighted by Gasteiger charge is 2.21. The van der Waals surface area contributed by atoms with E-state index in [1.807, 2.05) is 31.3 Å². The number of anilines is 1. The summed E-state index contributed by atoms with van der Waals surface area (Å²) in [6.45, 7) is 4.75. The number of para-hydroxylation sites is 1. The molecule has 28 heavy (non-hydrogen) atoms. The maximum absolute atomic E-state index is 5.90. The molecular formula is C24H27N3O. The van der Waals surface area contributed by atoms with E-state index < -0.39 is 0 Å². The molecule has 1 fully saturated rings. The average Bonchev–Trinajstić information content (AvgIpc) is 2.75. The van der Waals surface area contributed by atoms with Gasteiger partial charge < -0.3 is 9.64 Å². The molecule has 4 nitrogen and oxygen atoms in total. The molecule has 1 aromatic heterocycles. The molecule has 144 valence electrons. The smallest absolute Gasteiger partial charge is 0.159 e. The second kappa shape index (κ2) is 8.87. The van der Waals surface area contributed by atoms with Gasteiger partial charge in [0.15, 0.2) is 5.75 Å². The number of hydrogen-bond acceptors (Lipinski definition) is 4. The number of hydrogen-bond donors (Lipinski definition) is 0. The molecule has 1 saturated heterocycles. The molecule has 0 atom stereocenters. The summed E-state index contributed by atoms with van der Waals surface area (Å²) in [5.41, 5.74) is 3.40. The first-order valence-electron chi connectivity index (χ1n) is 10.1. The van der Waals surface area contributed by atoms with Gasteiger partial charge in [0.2, 0.25) is 0 Å². The SMILES string of the molecule is Cc1nc(CC2CCN(c3ccccc3)CC2)ncc1OCc1ccccc1. The molecule has 1 aliphatic heterocycles. The summed E-state index contributed by atoms with van der Waals surface area (Å²) in [5, 5.41) is 0. The molecule has 1 aliphatic rings. The van der Waals surface area contributed by atoms with Crippen LogP contribution in [0.15, 0.2) is 66.9 Å². The van der Waals surface area contributed by atoms with Gasteiger partial charge in [-0.05, 0) is 43.4 Å². The van der Waals surface area contributed by atoms with Crippen molar-refractivity contribution in [3.8, 4) is 5.75 Å². The Morgan fingerprint density at radius 2 is 1.64 bits per heavy atom. The Morgan fingerprint density at radius 1 is 0.964 bits per heavy atom. The fraction of sp³-hybridized carbons (Fsp3) is 0.333. The predicted octanol–water partition coefficient (Wildman–Crippen LogP) is 4.82. The minimum atomic E-state index is 0.544. The van der Waals surface area contributed by atoms with Gasteiger partial charge in [0, 0.05) is 25.2 Å². The van der Waals surface area contributed by atoms with E-state index in [2.05, 4.69) is 52.3 Å². The molecule has 4 rings (SSSR count). The van der Waals surface area contributed by atoms with E-state index in [4.69, 9.17) is 9.72 Å². The summed E-state index contributed by atoms with van der Waals surface area (Å²) < 4.78 is 5.90. The zero-order chi connectivity index (χ0) is 19.2. The van der Waals surface area contributed by atoms with Crippen LogP contribution in [0.1, 0.15) is 29.9 Å². The number of benzene rings is 2. The standard InChI is InChI=1S/C24H27N3O/c1-19-23(28-18-21-8-4-2-5-9-21)17-25-24(26-19)16-20-12-14-27(15-13-20)22-10-6-3-7-11-22/h2-11,17,20H,12-16,18H2,1H3. The zero-order valence-electron chi connectivity index (χ0n) is 16.4. The number of piperidine rings is 1. The topological polar surface area (TPSA) is 38.2 Å². The van der Waals surface area contributed by atoms with Crippen LogP contribution in [0.2, 0.25) is 0 Å². The summed E-state index contributed by atoms with van der Waals surface area (Å²) >= 11 is 0. The Balaban J connectivity index is 1.30. The lowest BCUT2D eigenvalue weighted by molar-refractivity contribution is 0.300. The van der Waals surface area contributed by atoms with E-state index in [0.29, 0.717) is 12.5 Å². The lowest BCUT2D eigenvalue weighted by atomic mass is 9.93. The van der Waals surface area contributed by atoms with Crippen molar-refractivity contribution in [3.63, 3.8) is 0 Å². The molecule has 2 aromatic carbocycles. The summed E-state index contributed by atoms with van der Waals surface area (Å²) in [6, 6.07) is 20.9. The van der Waals surface area contributed by atoms with E-state index in [1.54, 1.807) is 0 Å². The monoisotopic (exact) mass is 373 g/mol. The highest BCUT2D eigenvalue weighted by Crippen LogP contribution is 2.25. The summed E-state index contributed by atoms with van der Waals surface area (Å²) in [4.78, 5) is 11.8. The van der Waals surface area contributed by atoms with Crippen LogP contribution >= 0.6 is 0 Å². The van der Waals surface area contributed by atoms with Gasteiger partial charge in [0.25, 0.3) is 0 Å². The number of aromatic nitrogens is 2. The Labute approximate surface area is 167 Å². The van der Waals surface area contributed by atoms with Crippen LogP contribution in [0.5, 0.6) is 5.75 Å². The first-order chi connectivity index (χ1) is 13.8. The largest absolute Gasteiger partial charge is 0.485 e. The van der Waals surface area contributed by atoms with Crippen molar-refractivity contribution < 1.29 is 4.74 Å². The van der Waals surface area contributed by atoms with E-state index in [9.17, 15) is 0 Å². The van der Waals surface area contributed by atoms with Crippen LogP contribution in [0.4, 0.5) is 5.69 Å². The lowest BCUT2D eigenvalue weighted by Crippen LogP contribution is -2.34. The highest BCUT2D eigenvalue weighted by atomic mass is 16.5. The number of ether oxygens (including phenoxy) is 1. The van der Waals surface area contributed by atoms with Gasteiger partial charge in [-0.1, -0.05) is 48.5 Å². The highest BCUT2D eigenvalue weighted by molar-refractivity contribution is 5.46. The van der Waals surface area contributed by atoms with E-state index >= 15 is 0 Å². The average molecular weight is 374 g/mol. The Kier molecular flexibility index (Phi) is 5.86. The maximum atomic E-state index is 5.90. The molecule has 0 amide bonds. The lowest BCUT2D eigenvalue weighted by Gasteiger charge is -2.33. The number of nitrogens with zero attached hydrogens (tertiary/aromatic N) is 3. The van der Waals surface area contributed by atoms with Gasteiger partial charge in [-0.25, -0.2) is 9.97 Å². The molecule has 0 radical (unpaired) electrons. The third kappa shape index (κ3) is 4.69. The number of rotatable bonds is 6. The van der Waals surface area contributed by atoms with Crippen LogP contribution in [-0.4, -0.2) is 23.1 Å². The number of aryl methyl sites for hydroxylation is 1. The molecule has 0 saturated carbocycles. The van der Waals surface area contributed by atoms with Gasteiger partial charge in [0.05, 0.1) is 11.9 Å². The van der Waals surface area contributed by atoms with E-state index in [-0.39, 0.29) is 0 Å². The van der Waals surface area contributed by atoms with Crippen molar-refractivity contribution in [1.82, 2.24) is 9.97 Å². The predicted molar refractivity (Wildman–Crippen MR) is 113 cm³/mol. The molecule has 0 bridgehead atoms. The zero-order valence-corrected chi connectivity index (χ0v) is 16.4. The first-order valence-corrected chi connectivity index (χ1v) is 10.1. The fourth-order valence-corrected chi connectivity index (χ4v) is 3.77. The van der Waals surface area contributed by atoms with Gasteiger partial charge in [-0.3, -0.25) is 0 Å². The minimum Gasteiger partial charge on any atom is -0.485 e. The molecule has 0 aliphatic carbocycles. The Morgan fingerprint density at radius 3 is 2.32 bits per heavy atom. The second-order valence-corrected chi connectivity index (χ2v) is 7.48. The minimum absolute atomic E-state index is 0.544. The molecular weight excluding hydrogens is 346 g/mol. The molecule has 0 unspecified atom stereocenters. The van der Waals surface area contributed by atoms with Gasteiger partial charge in [-0.15, -0.1) is 0 Å². The van der Waals surface area contributed by atoms with Crippen LogP contribution < -0.4 is 9.64 Å². The van der Waals surface area contributed by atoms with Crippen molar-refractivity contribution in [1.29, 1.82) is 0 Å². The summed E-state index contributed by atoms with van der Waals surface area (Å²) in [5.74, 6) is 2.35. The van der Waals surface area contributed by atoms with Crippen molar-refractivity contribution in [2.75, 3.05) is 18.0 Å². The van der Waals surface area contributed by atoms with Crippen LogP contribution in [0.3, 0.4) is 0 Å². The maximum Gasteiger partial charge on any atom is 0.159 e. The third-order valence-electron chi connectivity index (χ3n) is 5.43. The van der Waals surface area contributed by atoms with Crippen LogP contribution in [0, 0.1) is 12.8 Å². The third-order valence-corrected chi connectivity index (χ3v) is 5.43. The van der Waals surface area contributed by atoms with Crippen molar-refractivity contribution in [2.45, 2.75) is 32.8 Å². The van der Waals surface area contributed by atoms with Crippen molar-refractivity contribution in [3.05, 3.63) is 83.9 Å². The molecule has 0 spiro atoms. The van der Waals surface area contributed by atoms with Crippen molar-refractivity contribution in [2.24, 2.45) is 5.92 Å².